The minimum Gasteiger partial charge on any atom is -0.478 e. The van der Waals surface area contributed by atoms with E-state index >= 15 is 0 Å². The van der Waals surface area contributed by atoms with Crippen molar-refractivity contribution >= 4 is 45.9 Å². The van der Waals surface area contributed by atoms with Gasteiger partial charge in [-0.1, -0.05) is 35.4 Å². The highest BCUT2D eigenvalue weighted by atomic mass is 32.2. The largest absolute Gasteiger partial charge is 0.478 e. The molecule has 47 heavy (non-hydrogen) atoms. The molecule has 0 spiro atoms. The van der Waals surface area contributed by atoms with Gasteiger partial charge in [0.2, 0.25) is 0 Å². The summed E-state index contributed by atoms with van der Waals surface area (Å²) < 4.78 is 84.0. The predicted molar refractivity (Wildman–Crippen MR) is 169 cm³/mol. The second-order valence-electron chi connectivity index (χ2n) is 10.8. The minimum absolute atomic E-state index is 0.259. The lowest BCUT2D eigenvalue weighted by molar-refractivity contribution is -0.159. The number of sulfonamides is 2. The first-order valence-electron chi connectivity index (χ1n) is 14.0. The van der Waals surface area contributed by atoms with Crippen LogP contribution in [0.3, 0.4) is 0 Å². The molecule has 1 fully saturated rings. The molecule has 1 heterocycles. The maximum absolute atomic E-state index is 14.9. The summed E-state index contributed by atoms with van der Waals surface area (Å²) in [5.74, 6) is -5.07. The molecule has 3 rings (SSSR count). The van der Waals surface area contributed by atoms with Crippen molar-refractivity contribution < 1.29 is 59.4 Å². The zero-order valence-electron chi connectivity index (χ0n) is 27.3. The van der Waals surface area contributed by atoms with Crippen molar-refractivity contribution in [3.63, 3.8) is 0 Å². The fourth-order valence-electron chi connectivity index (χ4n) is 4.68. The molecule has 0 radical (unpaired) electrons. The van der Waals surface area contributed by atoms with Crippen molar-refractivity contribution in [2.75, 3.05) is 21.3 Å². The molecule has 2 aromatic carbocycles. The summed E-state index contributed by atoms with van der Waals surface area (Å²) in [4.78, 5) is 42.6. The Labute approximate surface area is 274 Å². The lowest BCUT2D eigenvalue weighted by Gasteiger charge is -2.34. The van der Waals surface area contributed by atoms with Crippen molar-refractivity contribution in [3.05, 3.63) is 70.9 Å². The summed E-state index contributed by atoms with van der Waals surface area (Å²) in [7, 11) is -12.2. The van der Waals surface area contributed by atoms with E-state index in [1.807, 2.05) is 0 Å². The fraction of sp³-hybridized carbons (Fsp3) is 0.414. The molecule has 0 saturated carbocycles. The predicted octanol–water partition coefficient (Wildman–Crippen LogP) is 4.19. The normalized spacial score (nSPS) is 18.2. The van der Waals surface area contributed by atoms with Gasteiger partial charge in [-0.3, -0.25) is 4.79 Å². The number of esters is 1. The number of imide groups is 1. The summed E-state index contributed by atoms with van der Waals surface area (Å²) in [5.41, 5.74) is -2.47. The Morgan fingerprint density at radius 2 is 1.15 bits per heavy atom. The second kappa shape index (κ2) is 13.9. The van der Waals surface area contributed by atoms with E-state index in [0.29, 0.717) is 11.1 Å². The van der Waals surface area contributed by atoms with Gasteiger partial charge in [0.05, 0.1) is 43.3 Å². The van der Waals surface area contributed by atoms with Crippen LogP contribution in [-0.4, -0.2) is 87.5 Å². The van der Waals surface area contributed by atoms with Crippen molar-refractivity contribution in [2.45, 2.75) is 69.1 Å². The number of ether oxygens (including phenoxy) is 2. The molecule has 1 unspecified atom stereocenters. The monoisotopic (exact) mass is 717 g/mol. The number of aryl methyl sites for hydroxylation is 2. The number of amides is 3. The highest BCUT2D eigenvalue weighted by molar-refractivity contribution is 7.91. The van der Waals surface area contributed by atoms with Crippen LogP contribution in [0.2, 0.25) is 0 Å². The van der Waals surface area contributed by atoms with Crippen LogP contribution >= 0.6 is 7.94 Å². The van der Waals surface area contributed by atoms with Crippen molar-refractivity contribution in [1.29, 1.82) is 0 Å². The van der Waals surface area contributed by atoms with E-state index in [0.717, 1.165) is 45.6 Å². The van der Waals surface area contributed by atoms with E-state index < -0.39 is 84.7 Å². The molecule has 2 aromatic rings. The average Bonchev–Trinajstić information content (AvgIpc) is 3.23. The Morgan fingerprint density at radius 1 is 0.745 bits per heavy atom. The van der Waals surface area contributed by atoms with Crippen LogP contribution in [0.15, 0.2) is 69.6 Å². The van der Waals surface area contributed by atoms with Gasteiger partial charge in [0.25, 0.3) is 31.3 Å². The number of carbonyl (C=O) groups is 3. The number of benzene rings is 2. The molecule has 1 aliphatic heterocycles. The van der Waals surface area contributed by atoms with Crippen LogP contribution < -0.4 is 0 Å². The zero-order valence-corrected chi connectivity index (χ0v) is 29.8. The maximum atomic E-state index is 14.9. The SMILES string of the molecule is CO[P+](OC)(OC)/C(=C(/O)OC(C)C)C1(C(=O)OC(C)C)C(=O)N(S(=O)(=O)c2ccc(C)cc2)C(=O)N1S(=O)(=O)c1ccc(C)cc1. The molecule has 0 aromatic heterocycles. The Morgan fingerprint density at radius 3 is 1.53 bits per heavy atom. The van der Waals surface area contributed by atoms with Crippen LogP contribution in [0.5, 0.6) is 0 Å². The minimum atomic E-state index is -5.39. The number of carbonyl (C=O) groups excluding carboxylic acids is 3. The van der Waals surface area contributed by atoms with Gasteiger partial charge in [-0.05, 0) is 65.8 Å². The summed E-state index contributed by atoms with van der Waals surface area (Å²) >= 11 is 0. The van der Waals surface area contributed by atoms with Gasteiger partial charge in [0.15, 0.2) is 0 Å². The first-order valence-corrected chi connectivity index (χ1v) is 18.4. The molecule has 258 valence electrons. The molecule has 1 N–H and O–H groups in total. The molecule has 1 saturated heterocycles. The van der Waals surface area contributed by atoms with Crippen LogP contribution in [0.25, 0.3) is 0 Å². The topological polar surface area (TPSA) is 192 Å². The molecule has 15 nitrogen and oxygen atoms in total. The Bertz CT molecular complexity index is 1760. The third kappa shape index (κ3) is 6.47. The van der Waals surface area contributed by atoms with Crippen LogP contribution in [0.1, 0.15) is 38.8 Å². The lowest BCUT2D eigenvalue weighted by Crippen LogP contribution is -2.61. The molecule has 1 atom stereocenters. The fourth-order valence-corrected chi connectivity index (χ4v) is 9.68. The first-order chi connectivity index (χ1) is 21.8. The smallest absolute Gasteiger partial charge is 0.454 e. The zero-order chi connectivity index (χ0) is 35.7. The van der Waals surface area contributed by atoms with Crippen molar-refractivity contribution in [3.8, 4) is 0 Å². The number of rotatable bonds is 13. The van der Waals surface area contributed by atoms with Crippen LogP contribution in [-0.2, 0) is 52.7 Å². The molecular weight excluding hydrogens is 679 g/mol. The summed E-state index contributed by atoms with van der Waals surface area (Å²) in [5, 5.41) is 10.4. The lowest BCUT2D eigenvalue weighted by atomic mass is 9.99. The van der Waals surface area contributed by atoms with Crippen LogP contribution in [0.4, 0.5) is 4.79 Å². The number of nitrogens with zero attached hydrogens (tertiary/aromatic N) is 2. The third-order valence-electron chi connectivity index (χ3n) is 6.79. The van der Waals surface area contributed by atoms with E-state index in [2.05, 4.69) is 0 Å². The molecule has 0 aliphatic carbocycles. The maximum Gasteiger partial charge on any atom is 0.454 e. The van der Waals surface area contributed by atoms with E-state index in [1.54, 1.807) is 13.8 Å². The molecule has 0 bridgehead atoms. The van der Waals surface area contributed by atoms with E-state index in [-0.39, 0.29) is 8.61 Å². The van der Waals surface area contributed by atoms with Gasteiger partial charge in [-0.15, -0.1) is 4.31 Å². The quantitative estimate of drug-likeness (QED) is 0.102. The summed E-state index contributed by atoms with van der Waals surface area (Å²) in [6.45, 7) is 8.89. The standard InChI is InChI=1S/C29H37N2O13PS2/c1-18(2)43-25(32)24(45(40-7,41-8)42-9)29(27(34)44-19(3)4)26(33)30(46(36,37)22-14-10-20(5)11-15-22)28(35)31(29)47(38,39)23-16-12-21(6)13-17-23/h10-19H,1-9H3/p+1/b25-24-. The highest BCUT2D eigenvalue weighted by Crippen LogP contribution is 2.72. The molecule has 3 amide bonds. The Kier molecular flexibility index (Phi) is 11.2. The average molecular weight is 718 g/mol. The van der Waals surface area contributed by atoms with E-state index in [9.17, 15) is 36.3 Å². The summed E-state index contributed by atoms with van der Waals surface area (Å²) in [6.07, 6.45) is -1.99. The van der Waals surface area contributed by atoms with Gasteiger partial charge >= 0.3 is 31.4 Å². The highest BCUT2D eigenvalue weighted by Gasteiger charge is 2.81. The summed E-state index contributed by atoms with van der Waals surface area (Å²) in [6, 6.07) is 7.84. The number of aliphatic hydroxyl groups excluding tert-OH is 1. The van der Waals surface area contributed by atoms with Gasteiger partial charge in [-0.25, -0.2) is 26.4 Å². The number of urea groups is 1. The number of hydrogen-bond acceptors (Lipinski definition) is 13. The van der Waals surface area contributed by atoms with Gasteiger partial charge in [-0.2, -0.15) is 17.9 Å². The number of aliphatic hydroxyl groups is 1. The molecule has 1 aliphatic rings. The first kappa shape index (κ1) is 37.9. The van der Waals surface area contributed by atoms with Crippen molar-refractivity contribution in [2.24, 2.45) is 0 Å². The van der Waals surface area contributed by atoms with Gasteiger partial charge in [0.1, 0.15) is 0 Å². The third-order valence-corrected chi connectivity index (χ3v) is 12.7. The van der Waals surface area contributed by atoms with E-state index in [4.69, 9.17) is 23.0 Å². The van der Waals surface area contributed by atoms with Gasteiger partial charge < -0.3 is 14.6 Å². The van der Waals surface area contributed by atoms with Crippen LogP contribution in [0, 0.1) is 13.8 Å². The van der Waals surface area contributed by atoms with Crippen molar-refractivity contribution in [1.82, 2.24) is 8.61 Å². The molecular formula is C29H38N2O13PS2+. The van der Waals surface area contributed by atoms with E-state index in [1.165, 1.54) is 52.0 Å². The number of hydrogen-bond donors (Lipinski definition) is 1. The Hall–Kier alpha value is -3.60. The van der Waals surface area contributed by atoms with Gasteiger partial charge in [0, 0.05) is 0 Å². The molecule has 18 heteroatoms. The second-order valence-corrected chi connectivity index (χ2v) is 16.9. The Balaban J connectivity index is 2.68.